The van der Waals surface area contributed by atoms with Gasteiger partial charge >= 0.3 is 0 Å². The molecule has 3 rings (SSSR count). The van der Waals surface area contributed by atoms with Crippen LogP contribution in [0, 0.1) is 0 Å². The highest BCUT2D eigenvalue weighted by atomic mass is 14.6. The van der Waals surface area contributed by atoms with Crippen molar-refractivity contribution in [3.63, 3.8) is 0 Å². The van der Waals surface area contributed by atoms with Crippen LogP contribution in [-0.2, 0) is 0 Å². The molecule has 1 nitrogen and oxygen atoms in total. The van der Waals surface area contributed by atoms with Gasteiger partial charge in [-0.25, -0.2) is 0 Å². The van der Waals surface area contributed by atoms with E-state index >= 15 is 0 Å². The zero-order valence-corrected chi connectivity index (χ0v) is 8.80. The van der Waals surface area contributed by atoms with E-state index in [2.05, 4.69) is 47.4 Å². The number of aromatic nitrogens is 1. The molecule has 0 aromatic carbocycles. The van der Waals surface area contributed by atoms with Crippen molar-refractivity contribution in [2.24, 2.45) is 0 Å². The van der Waals surface area contributed by atoms with Gasteiger partial charge in [-0.1, -0.05) is 42.5 Å². The molecule has 1 heterocycles. The predicted molar refractivity (Wildman–Crippen MR) is 66.3 cm³/mol. The van der Waals surface area contributed by atoms with Crippen molar-refractivity contribution in [2.45, 2.75) is 0 Å². The van der Waals surface area contributed by atoms with Crippen LogP contribution in [0.3, 0.4) is 0 Å². The summed E-state index contributed by atoms with van der Waals surface area (Å²) in [4.78, 5) is 4.05. The Kier molecular flexibility index (Phi) is 2.15. The molecule has 0 N–H and O–H groups in total. The number of nitrogens with zero attached hydrogens (tertiary/aromatic N) is 1. The average molecular weight is 205 g/mol. The first kappa shape index (κ1) is 9.10. The predicted octanol–water partition coefficient (Wildman–Crippen LogP) is 3.85. The van der Waals surface area contributed by atoms with Crippen molar-refractivity contribution in [3.8, 4) is 22.3 Å². The van der Waals surface area contributed by atoms with Gasteiger partial charge in [-0.3, -0.25) is 4.98 Å². The van der Waals surface area contributed by atoms with Gasteiger partial charge in [0.15, 0.2) is 0 Å². The van der Waals surface area contributed by atoms with E-state index in [0.29, 0.717) is 0 Å². The number of rotatable bonds is 1. The van der Waals surface area contributed by atoms with E-state index < -0.39 is 0 Å². The van der Waals surface area contributed by atoms with E-state index in [-0.39, 0.29) is 0 Å². The van der Waals surface area contributed by atoms with Crippen molar-refractivity contribution in [2.75, 3.05) is 0 Å². The molecule has 0 atom stereocenters. The molecule has 0 saturated heterocycles. The first-order chi connectivity index (χ1) is 7.95. The molecule has 1 heteroatoms. The molecule has 0 bridgehead atoms. The summed E-state index contributed by atoms with van der Waals surface area (Å²) in [7, 11) is 0. The van der Waals surface area contributed by atoms with E-state index in [1.54, 1.807) is 0 Å². The van der Waals surface area contributed by atoms with Gasteiger partial charge in [-0.2, -0.15) is 0 Å². The van der Waals surface area contributed by atoms with Crippen LogP contribution in [0.25, 0.3) is 22.3 Å². The minimum Gasteiger partial charge on any atom is -0.265 e. The smallest absolute Gasteiger partial charge is 0.0273 e. The second-order valence-corrected chi connectivity index (χ2v) is 3.76. The van der Waals surface area contributed by atoms with Gasteiger partial charge in [-0.05, 0) is 34.4 Å². The molecule has 1 aromatic heterocycles. The largest absolute Gasteiger partial charge is 0.265 e. The molecule has 76 valence electrons. The van der Waals surface area contributed by atoms with Gasteiger partial charge in [0, 0.05) is 12.4 Å². The Morgan fingerprint density at radius 2 is 1.25 bits per heavy atom. The SMILES string of the molecule is c1ccc2ccc(-c3ccncc3)c-2cc1. The monoisotopic (exact) mass is 205 g/mol. The Morgan fingerprint density at radius 1 is 0.562 bits per heavy atom. The average Bonchev–Trinajstić information content (AvgIpc) is 2.60. The van der Waals surface area contributed by atoms with Crippen molar-refractivity contribution < 1.29 is 0 Å². The summed E-state index contributed by atoms with van der Waals surface area (Å²) < 4.78 is 0. The minimum atomic E-state index is 1.22. The van der Waals surface area contributed by atoms with Crippen molar-refractivity contribution >= 4 is 0 Å². The van der Waals surface area contributed by atoms with E-state index in [0.717, 1.165) is 0 Å². The Labute approximate surface area is 94.7 Å². The van der Waals surface area contributed by atoms with Crippen LogP contribution in [0.15, 0.2) is 67.0 Å². The fourth-order valence-corrected chi connectivity index (χ4v) is 2.00. The Balaban J connectivity index is 2.22. The molecule has 2 aliphatic carbocycles. The molecule has 2 aliphatic rings. The van der Waals surface area contributed by atoms with Crippen LogP contribution in [0.5, 0.6) is 0 Å². The van der Waals surface area contributed by atoms with Gasteiger partial charge < -0.3 is 0 Å². The molecular weight excluding hydrogens is 194 g/mol. The molecule has 0 aliphatic heterocycles. The Morgan fingerprint density at radius 3 is 2.12 bits per heavy atom. The fourth-order valence-electron chi connectivity index (χ4n) is 2.00. The molecule has 0 radical (unpaired) electrons. The lowest BCUT2D eigenvalue weighted by molar-refractivity contribution is 1.33. The number of fused-ring (bicyclic) bond motifs is 1. The van der Waals surface area contributed by atoms with Crippen molar-refractivity contribution in [3.05, 3.63) is 67.0 Å². The summed E-state index contributed by atoms with van der Waals surface area (Å²) in [5, 5.41) is 0. The summed E-state index contributed by atoms with van der Waals surface area (Å²) in [6.45, 7) is 0. The lowest BCUT2D eigenvalue weighted by Gasteiger charge is -2.01. The normalized spacial score (nSPS) is 10.5. The van der Waals surface area contributed by atoms with Crippen molar-refractivity contribution in [1.29, 1.82) is 0 Å². The van der Waals surface area contributed by atoms with Crippen LogP contribution < -0.4 is 0 Å². The molecule has 16 heavy (non-hydrogen) atoms. The second kappa shape index (κ2) is 3.78. The lowest BCUT2D eigenvalue weighted by Crippen LogP contribution is -1.77. The van der Waals surface area contributed by atoms with E-state index in [1.807, 2.05) is 24.5 Å². The van der Waals surface area contributed by atoms with Gasteiger partial charge in [-0.15, -0.1) is 0 Å². The maximum absolute atomic E-state index is 4.05. The number of hydrogen-bond acceptors (Lipinski definition) is 1. The number of hydrogen-bond donors (Lipinski definition) is 0. The van der Waals surface area contributed by atoms with Crippen LogP contribution in [0.2, 0.25) is 0 Å². The molecule has 1 aromatic rings. The number of pyridine rings is 1. The zero-order valence-electron chi connectivity index (χ0n) is 8.80. The fraction of sp³-hybridized carbons (Fsp3) is 0. The topological polar surface area (TPSA) is 12.9 Å². The summed E-state index contributed by atoms with van der Waals surface area (Å²) >= 11 is 0. The van der Waals surface area contributed by atoms with Gasteiger partial charge in [0.2, 0.25) is 0 Å². The van der Waals surface area contributed by atoms with Crippen LogP contribution in [0.4, 0.5) is 0 Å². The minimum absolute atomic E-state index is 1.22. The highest BCUT2D eigenvalue weighted by Crippen LogP contribution is 2.34. The summed E-state index contributed by atoms with van der Waals surface area (Å²) in [6, 6.07) is 18.9. The van der Waals surface area contributed by atoms with Crippen molar-refractivity contribution in [1.82, 2.24) is 4.98 Å². The molecule has 0 fully saturated rings. The first-order valence-electron chi connectivity index (χ1n) is 5.33. The maximum Gasteiger partial charge on any atom is 0.0273 e. The first-order valence-corrected chi connectivity index (χ1v) is 5.33. The van der Waals surface area contributed by atoms with Gasteiger partial charge in [0.1, 0.15) is 0 Å². The highest BCUT2D eigenvalue weighted by Gasteiger charge is 2.08. The molecular formula is C15H11N. The molecule has 0 spiro atoms. The third-order valence-corrected chi connectivity index (χ3v) is 2.78. The second-order valence-electron chi connectivity index (χ2n) is 3.76. The van der Waals surface area contributed by atoms with E-state index in [9.17, 15) is 0 Å². The molecule has 0 unspecified atom stereocenters. The quantitative estimate of drug-likeness (QED) is 0.588. The lowest BCUT2D eigenvalue weighted by atomic mass is 10.0. The summed E-state index contributed by atoms with van der Waals surface area (Å²) in [5.41, 5.74) is 5.05. The Hall–Kier alpha value is -2.15. The third-order valence-electron chi connectivity index (χ3n) is 2.78. The Bertz CT molecular complexity index is 572. The van der Waals surface area contributed by atoms with E-state index in [1.165, 1.54) is 22.3 Å². The summed E-state index contributed by atoms with van der Waals surface area (Å²) in [5.74, 6) is 0. The molecule has 0 amide bonds. The van der Waals surface area contributed by atoms with Crippen LogP contribution in [0.1, 0.15) is 0 Å². The van der Waals surface area contributed by atoms with Crippen LogP contribution >= 0.6 is 0 Å². The zero-order chi connectivity index (χ0) is 10.8. The molecule has 0 saturated carbocycles. The maximum atomic E-state index is 4.05. The standard InChI is InChI=1S/C15H11N/c1-2-4-12-6-7-15(14(12)5-3-1)13-8-10-16-11-9-13/h1-11H. The third kappa shape index (κ3) is 1.47. The van der Waals surface area contributed by atoms with E-state index in [4.69, 9.17) is 0 Å². The van der Waals surface area contributed by atoms with Gasteiger partial charge in [0.05, 0.1) is 0 Å². The van der Waals surface area contributed by atoms with Gasteiger partial charge in [0.25, 0.3) is 0 Å². The summed E-state index contributed by atoms with van der Waals surface area (Å²) in [6.07, 6.45) is 3.66. The van der Waals surface area contributed by atoms with Crippen LogP contribution in [-0.4, -0.2) is 4.98 Å². The highest BCUT2D eigenvalue weighted by molar-refractivity contribution is 5.86.